The number of hydrogen-bond acceptors (Lipinski definition) is 1. The Kier molecular flexibility index (Phi) is 3.30. The van der Waals surface area contributed by atoms with E-state index in [9.17, 15) is 4.57 Å². The predicted molar refractivity (Wildman–Crippen MR) is 35.0 cm³/mol. The lowest BCUT2D eigenvalue weighted by Gasteiger charge is -1.99. The van der Waals surface area contributed by atoms with Gasteiger partial charge in [0.25, 0.3) is 0 Å². The van der Waals surface area contributed by atoms with Crippen molar-refractivity contribution in [2.24, 2.45) is 0 Å². The number of hydrogen-bond donors (Lipinski definition) is 0. The van der Waals surface area contributed by atoms with E-state index in [0.29, 0.717) is 0 Å². The van der Waals surface area contributed by atoms with E-state index in [4.69, 9.17) is 23.2 Å². The molecule has 0 aliphatic heterocycles. The van der Waals surface area contributed by atoms with Crippen molar-refractivity contribution < 1.29 is 4.57 Å². The summed E-state index contributed by atoms with van der Waals surface area (Å²) < 4.78 is 10.7. The first-order valence-corrected chi connectivity index (χ1v) is 5.39. The Hall–Kier alpha value is 0.810. The van der Waals surface area contributed by atoms with Crippen LogP contribution in [-0.2, 0) is 4.57 Å². The van der Waals surface area contributed by atoms with Gasteiger partial charge in [0, 0.05) is 0 Å². The number of halogens is 2. The van der Waals surface area contributed by atoms with Crippen molar-refractivity contribution in [2.75, 3.05) is 17.9 Å². The van der Waals surface area contributed by atoms with Crippen molar-refractivity contribution in [1.29, 1.82) is 0 Å². The molecule has 0 radical (unpaired) electrons. The topological polar surface area (TPSA) is 17.1 Å². The highest BCUT2D eigenvalue weighted by atomic mass is 35.5. The molecule has 0 rings (SSSR count). The highest BCUT2D eigenvalue weighted by molar-refractivity contribution is 7.66. The monoisotopic (exact) mass is 160 g/mol. The molecule has 0 saturated carbocycles. The highest BCUT2D eigenvalue weighted by Gasteiger charge is 2.09. The maximum Gasteiger partial charge on any atom is 0.113 e. The predicted octanol–water partition coefficient (Wildman–Crippen LogP) is 2.37. The summed E-state index contributed by atoms with van der Waals surface area (Å²) in [7, 11) is -2.12. The molecule has 0 spiro atoms. The fourth-order valence-corrected chi connectivity index (χ4v) is 0.862. The zero-order valence-corrected chi connectivity index (χ0v) is 6.43. The normalized spacial score (nSPS) is 11.9. The van der Waals surface area contributed by atoms with Crippen LogP contribution in [0.25, 0.3) is 0 Å². The summed E-state index contributed by atoms with van der Waals surface area (Å²) in [6.45, 7) is 1.59. The van der Waals surface area contributed by atoms with Crippen molar-refractivity contribution in [2.45, 2.75) is 0 Å². The molecule has 0 aliphatic rings. The zero-order chi connectivity index (χ0) is 5.91. The van der Waals surface area contributed by atoms with Crippen molar-refractivity contribution in [3.8, 4) is 0 Å². The first kappa shape index (κ1) is 7.81. The summed E-state index contributed by atoms with van der Waals surface area (Å²) >= 11 is 10.5. The van der Waals surface area contributed by atoms with Crippen LogP contribution >= 0.6 is 30.3 Å². The van der Waals surface area contributed by atoms with Crippen LogP contribution in [0, 0.1) is 0 Å². The number of alkyl halides is 2. The zero-order valence-electron chi connectivity index (χ0n) is 4.03. The highest BCUT2D eigenvalue weighted by Crippen LogP contribution is 2.42. The van der Waals surface area contributed by atoms with Gasteiger partial charge < -0.3 is 4.57 Å². The molecule has 0 aromatic heterocycles. The molecule has 0 amide bonds. The lowest BCUT2D eigenvalue weighted by molar-refractivity contribution is 0.584. The second-order valence-corrected chi connectivity index (χ2v) is 6.04. The van der Waals surface area contributed by atoms with Crippen LogP contribution in [0.15, 0.2) is 0 Å². The largest absolute Gasteiger partial charge is 0.321 e. The molecule has 0 fully saturated rings. The molecule has 1 nitrogen and oxygen atoms in total. The third-order valence-electron chi connectivity index (χ3n) is 0.506. The van der Waals surface area contributed by atoms with Crippen LogP contribution in [0.4, 0.5) is 0 Å². The van der Waals surface area contributed by atoms with Crippen molar-refractivity contribution in [3.05, 3.63) is 0 Å². The van der Waals surface area contributed by atoms with Gasteiger partial charge in [-0.2, -0.15) is 0 Å². The first-order valence-electron chi connectivity index (χ1n) is 1.80. The van der Waals surface area contributed by atoms with Crippen LogP contribution in [0.5, 0.6) is 0 Å². The molecule has 0 aliphatic carbocycles. The lowest BCUT2D eigenvalue weighted by Crippen LogP contribution is -1.78. The Labute approximate surface area is 53.4 Å². The SMILES string of the molecule is CP(=O)(CCl)CCl. The van der Waals surface area contributed by atoms with Gasteiger partial charge in [-0.15, -0.1) is 23.2 Å². The Morgan fingerprint density at radius 3 is 1.71 bits per heavy atom. The summed E-state index contributed by atoms with van der Waals surface area (Å²) in [5.74, 6) is 0. The molecule has 0 heterocycles. The summed E-state index contributed by atoms with van der Waals surface area (Å²) in [4.78, 5) is 0. The Morgan fingerprint density at radius 1 is 1.43 bits per heavy atom. The second-order valence-electron chi connectivity index (χ2n) is 1.54. The summed E-state index contributed by atoms with van der Waals surface area (Å²) in [6.07, 6.45) is 0. The molecule has 0 aromatic carbocycles. The van der Waals surface area contributed by atoms with Crippen LogP contribution in [0.2, 0.25) is 0 Å². The van der Waals surface area contributed by atoms with Gasteiger partial charge in [-0.3, -0.25) is 0 Å². The molecule has 0 atom stereocenters. The molecule has 0 unspecified atom stereocenters. The second kappa shape index (κ2) is 2.96. The molecule has 44 valence electrons. The average molecular weight is 161 g/mol. The molecule has 4 heteroatoms. The van der Waals surface area contributed by atoms with Crippen LogP contribution in [0.1, 0.15) is 0 Å². The Morgan fingerprint density at radius 2 is 1.71 bits per heavy atom. The third-order valence-corrected chi connectivity index (χ3v) is 4.55. The minimum Gasteiger partial charge on any atom is -0.321 e. The van der Waals surface area contributed by atoms with Gasteiger partial charge in [0.15, 0.2) is 0 Å². The van der Waals surface area contributed by atoms with Crippen molar-refractivity contribution in [3.63, 3.8) is 0 Å². The standard InChI is InChI=1S/C3H7Cl2OP/c1-7(6,2-4)3-5/h2-3H2,1H3. The van der Waals surface area contributed by atoms with E-state index in [1.807, 2.05) is 0 Å². The average Bonchev–Trinajstić information content (AvgIpc) is 1.68. The maximum absolute atomic E-state index is 10.7. The Balaban J connectivity index is 3.61. The minimum atomic E-state index is -2.12. The summed E-state index contributed by atoms with van der Waals surface area (Å²) in [5, 5.41) is 0. The van der Waals surface area contributed by atoms with Crippen molar-refractivity contribution >= 4 is 30.3 Å². The molecular formula is C3H7Cl2OP. The van der Waals surface area contributed by atoms with Gasteiger partial charge in [0.05, 0.1) is 11.2 Å². The molecule has 0 saturated heterocycles. The van der Waals surface area contributed by atoms with Gasteiger partial charge in [0.2, 0.25) is 0 Å². The molecule has 0 aromatic rings. The molecule has 0 N–H and O–H groups in total. The van der Waals surface area contributed by atoms with E-state index in [-0.39, 0.29) is 11.2 Å². The Bertz CT molecular complexity index is 84.9. The molecular weight excluding hydrogens is 154 g/mol. The maximum atomic E-state index is 10.7. The van der Waals surface area contributed by atoms with E-state index < -0.39 is 7.14 Å². The van der Waals surface area contributed by atoms with Gasteiger partial charge in [-0.05, 0) is 6.66 Å². The van der Waals surface area contributed by atoms with Crippen LogP contribution in [0.3, 0.4) is 0 Å². The van der Waals surface area contributed by atoms with Crippen LogP contribution < -0.4 is 0 Å². The third kappa shape index (κ3) is 3.40. The van der Waals surface area contributed by atoms with E-state index in [1.54, 1.807) is 6.66 Å². The van der Waals surface area contributed by atoms with E-state index in [0.717, 1.165) is 0 Å². The minimum absolute atomic E-state index is 0.191. The molecule has 7 heavy (non-hydrogen) atoms. The van der Waals surface area contributed by atoms with Crippen molar-refractivity contribution in [1.82, 2.24) is 0 Å². The van der Waals surface area contributed by atoms with Gasteiger partial charge >= 0.3 is 0 Å². The fourth-order valence-electron chi connectivity index (χ4n) is 0.0319. The lowest BCUT2D eigenvalue weighted by atomic mass is 11.8. The van der Waals surface area contributed by atoms with E-state index >= 15 is 0 Å². The molecule has 0 bridgehead atoms. The van der Waals surface area contributed by atoms with Gasteiger partial charge in [-0.25, -0.2) is 0 Å². The van der Waals surface area contributed by atoms with E-state index in [1.165, 1.54) is 0 Å². The first-order chi connectivity index (χ1) is 3.12. The van der Waals surface area contributed by atoms with Crippen LogP contribution in [-0.4, -0.2) is 17.9 Å². The van der Waals surface area contributed by atoms with E-state index in [2.05, 4.69) is 0 Å². The van der Waals surface area contributed by atoms with Gasteiger partial charge in [0.1, 0.15) is 7.14 Å². The smallest absolute Gasteiger partial charge is 0.113 e. The fraction of sp³-hybridized carbons (Fsp3) is 1.00. The summed E-state index contributed by atoms with van der Waals surface area (Å²) in [5.41, 5.74) is 0.382. The number of rotatable bonds is 2. The summed E-state index contributed by atoms with van der Waals surface area (Å²) in [6, 6.07) is 0. The van der Waals surface area contributed by atoms with Gasteiger partial charge in [-0.1, -0.05) is 0 Å². The quantitative estimate of drug-likeness (QED) is 0.448.